The Hall–Kier alpha value is -1.09. The highest BCUT2D eigenvalue weighted by Crippen LogP contribution is 2.21. The number of likely N-dealkylation sites (N-methyl/N-ethyl adjacent to an activating group) is 1. The zero-order chi connectivity index (χ0) is 12.8. The summed E-state index contributed by atoms with van der Waals surface area (Å²) in [6.07, 6.45) is 6.73. The van der Waals surface area contributed by atoms with Crippen LogP contribution in [0.5, 0.6) is 0 Å². The first-order valence-electron chi connectivity index (χ1n) is 6.96. The van der Waals surface area contributed by atoms with Crippen molar-refractivity contribution in [1.29, 1.82) is 0 Å². The second-order valence-corrected chi connectivity index (χ2v) is 5.18. The molecule has 1 aromatic rings. The van der Waals surface area contributed by atoms with E-state index in [4.69, 9.17) is 0 Å². The summed E-state index contributed by atoms with van der Waals surface area (Å²) in [7, 11) is 2.18. The van der Waals surface area contributed by atoms with Gasteiger partial charge in [-0.2, -0.15) is 0 Å². The van der Waals surface area contributed by atoms with E-state index in [9.17, 15) is 4.39 Å². The Balaban J connectivity index is 1.73. The van der Waals surface area contributed by atoms with E-state index >= 15 is 0 Å². The van der Waals surface area contributed by atoms with Crippen molar-refractivity contribution < 1.29 is 4.39 Å². The van der Waals surface area contributed by atoms with Crippen LogP contribution >= 0.6 is 0 Å². The Morgan fingerprint density at radius 2 is 1.94 bits per heavy atom. The minimum absolute atomic E-state index is 0.169. The number of nitrogens with zero attached hydrogens (tertiary/aromatic N) is 1. The first kappa shape index (κ1) is 13.3. The minimum atomic E-state index is -0.169. The monoisotopic (exact) mass is 250 g/mol. The van der Waals surface area contributed by atoms with Gasteiger partial charge in [0, 0.05) is 19.1 Å². The second-order valence-electron chi connectivity index (χ2n) is 5.18. The van der Waals surface area contributed by atoms with Crippen molar-refractivity contribution in [3.05, 3.63) is 30.1 Å². The summed E-state index contributed by atoms with van der Waals surface area (Å²) in [5, 5.41) is 3.17. The summed E-state index contributed by atoms with van der Waals surface area (Å²) < 4.78 is 13.4. The lowest BCUT2D eigenvalue weighted by Gasteiger charge is -2.31. The molecule has 0 amide bonds. The fourth-order valence-corrected chi connectivity index (χ4v) is 2.68. The van der Waals surface area contributed by atoms with Crippen LogP contribution in [0.15, 0.2) is 24.3 Å². The van der Waals surface area contributed by atoms with Gasteiger partial charge in [-0.3, -0.25) is 0 Å². The van der Waals surface area contributed by atoms with E-state index in [1.165, 1.54) is 38.2 Å². The van der Waals surface area contributed by atoms with Crippen LogP contribution in [-0.2, 0) is 0 Å². The number of nitrogens with one attached hydrogen (secondary N) is 1. The van der Waals surface area contributed by atoms with Crippen LogP contribution < -0.4 is 5.32 Å². The molecule has 0 aliphatic heterocycles. The Morgan fingerprint density at radius 3 is 2.67 bits per heavy atom. The third kappa shape index (κ3) is 3.70. The molecule has 0 saturated heterocycles. The number of hydrogen-bond acceptors (Lipinski definition) is 2. The lowest BCUT2D eigenvalue weighted by molar-refractivity contribution is 0.198. The molecule has 3 heteroatoms. The lowest BCUT2D eigenvalue weighted by atomic mass is 9.94. The molecule has 0 radical (unpaired) electrons. The van der Waals surface area contributed by atoms with Crippen molar-refractivity contribution in [2.24, 2.45) is 0 Å². The van der Waals surface area contributed by atoms with Crippen LogP contribution in [0.2, 0.25) is 0 Å². The molecule has 1 aromatic carbocycles. The highest BCUT2D eigenvalue weighted by molar-refractivity contribution is 5.44. The van der Waals surface area contributed by atoms with Crippen LogP contribution in [0.1, 0.15) is 32.1 Å². The molecule has 2 nitrogen and oxygen atoms in total. The molecule has 1 saturated carbocycles. The van der Waals surface area contributed by atoms with Gasteiger partial charge in [-0.15, -0.1) is 0 Å². The summed E-state index contributed by atoms with van der Waals surface area (Å²) in [6, 6.07) is 7.58. The van der Waals surface area contributed by atoms with Gasteiger partial charge in [0.05, 0.1) is 5.69 Å². The van der Waals surface area contributed by atoms with E-state index in [1.54, 1.807) is 12.1 Å². The summed E-state index contributed by atoms with van der Waals surface area (Å²) in [5.41, 5.74) is 0.606. The van der Waals surface area contributed by atoms with Crippen molar-refractivity contribution in [2.75, 3.05) is 25.5 Å². The quantitative estimate of drug-likeness (QED) is 0.860. The van der Waals surface area contributed by atoms with E-state index in [0.29, 0.717) is 5.69 Å². The highest BCUT2D eigenvalue weighted by atomic mass is 19.1. The summed E-state index contributed by atoms with van der Waals surface area (Å²) in [4.78, 5) is 2.41. The maximum Gasteiger partial charge on any atom is 0.146 e. The second kappa shape index (κ2) is 6.74. The topological polar surface area (TPSA) is 15.3 Å². The zero-order valence-corrected chi connectivity index (χ0v) is 11.2. The van der Waals surface area contributed by atoms with Gasteiger partial charge < -0.3 is 10.2 Å². The molecule has 0 heterocycles. The number of para-hydroxylation sites is 1. The third-order valence-corrected chi connectivity index (χ3v) is 3.85. The van der Waals surface area contributed by atoms with Gasteiger partial charge in [0.1, 0.15) is 5.82 Å². The van der Waals surface area contributed by atoms with Crippen molar-refractivity contribution in [3.63, 3.8) is 0 Å². The van der Waals surface area contributed by atoms with Crippen molar-refractivity contribution >= 4 is 5.69 Å². The number of benzene rings is 1. The number of halogens is 1. The molecule has 0 spiro atoms. The van der Waals surface area contributed by atoms with Crippen LogP contribution in [0.3, 0.4) is 0 Å². The van der Waals surface area contributed by atoms with E-state index in [-0.39, 0.29) is 5.82 Å². The molecule has 0 bridgehead atoms. The van der Waals surface area contributed by atoms with Gasteiger partial charge in [0.15, 0.2) is 0 Å². The highest BCUT2D eigenvalue weighted by Gasteiger charge is 2.17. The maximum absolute atomic E-state index is 13.4. The predicted molar refractivity (Wildman–Crippen MR) is 74.4 cm³/mol. The van der Waals surface area contributed by atoms with Gasteiger partial charge in [0.25, 0.3) is 0 Å². The summed E-state index contributed by atoms with van der Waals surface area (Å²) in [5.74, 6) is -0.169. The zero-order valence-electron chi connectivity index (χ0n) is 11.2. The molecule has 1 fully saturated rings. The molecule has 2 rings (SSSR count). The first-order valence-corrected chi connectivity index (χ1v) is 6.96. The van der Waals surface area contributed by atoms with Crippen LogP contribution in [0.4, 0.5) is 10.1 Å². The van der Waals surface area contributed by atoms with E-state index in [2.05, 4.69) is 17.3 Å². The van der Waals surface area contributed by atoms with Gasteiger partial charge in [-0.25, -0.2) is 4.39 Å². The van der Waals surface area contributed by atoms with Crippen molar-refractivity contribution in [1.82, 2.24) is 4.90 Å². The SMILES string of the molecule is CN(CCNc1ccccc1F)C1CCCCC1. The lowest BCUT2D eigenvalue weighted by Crippen LogP contribution is -2.36. The molecule has 1 N–H and O–H groups in total. The van der Waals surface area contributed by atoms with Gasteiger partial charge in [-0.05, 0) is 32.0 Å². The average Bonchev–Trinajstić information content (AvgIpc) is 2.42. The fourth-order valence-electron chi connectivity index (χ4n) is 2.68. The molecule has 100 valence electrons. The third-order valence-electron chi connectivity index (χ3n) is 3.85. The first-order chi connectivity index (χ1) is 8.77. The molecule has 0 atom stereocenters. The molecule has 1 aliphatic carbocycles. The minimum Gasteiger partial charge on any atom is -0.381 e. The maximum atomic E-state index is 13.4. The van der Waals surface area contributed by atoms with Crippen LogP contribution in [0.25, 0.3) is 0 Å². The Labute approximate surface area is 109 Å². The summed E-state index contributed by atoms with van der Waals surface area (Å²) >= 11 is 0. The van der Waals surface area contributed by atoms with Crippen molar-refractivity contribution in [3.8, 4) is 0 Å². The predicted octanol–water partition coefficient (Wildman–Crippen LogP) is 3.50. The number of rotatable bonds is 5. The molecular formula is C15H23FN2. The molecule has 0 aromatic heterocycles. The smallest absolute Gasteiger partial charge is 0.146 e. The van der Waals surface area contributed by atoms with Crippen molar-refractivity contribution in [2.45, 2.75) is 38.1 Å². The molecule has 18 heavy (non-hydrogen) atoms. The standard InChI is InChI=1S/C15H23FN2/c1-18(13-7-3-2-4-8-13)12-11-17-15-10-6-5-9-14(15)16/h5-6,9-10,13,17H,2-4,7-8,11-12H2,1H3. The number of hydrogen-bond donors (Lipinski definition) is 1. The Morgan fingerprint density at radius 1 is 1.22 bits per heavy atom. The Bertz CT molecular complexity index is 361. The molecular weight excluding hydrogens is 227 g/mol. The average molecular weight is 250 g/mol. The fraction of sp³-hybridized carbons (Fsp3) is 0.600. The Kier molecular flexibility index (Phi) is 5.00. The van der Waals surface area contributed by atoms with E-state index in [0.717, 1.165) is 19.1 Å². The molecule has 1 aliphatic rings. The van der Waals surface area contributed by atoms with E-state index < -0.39 is 0 Å². The normalized spacial score (nSPS) is 17.1. The molecule has 0 unspecified atom stereocenters. The summed E-state index contributed by atoms with van der Waals surface area (Å²) in [6.45, 7) is 1.77. The van der Waals surface area contributed by atoms with Gasteiger partial charge >= 0.3 is 0 Å². The van der Waals surface area contributed by atoms with Crippen LogP contribution in [-0.4, -0.2) is 31.1 Å². The van der Waals surface area contributed by atoms with Crippen LogP contribution in [0, 0.1) is 5.82 Å². The van der Waals surface area contributed by atoms with Gasteiger partial charge in [-0.1, -0.05) is 31.4 Å². The largest absolute Gasteiger partial charge is 0.381 e. The number of anilines is 1. The van der Waals surface area contributed by atoms with E-state index in [1.807, 2.05) is 6.07 Å². The van der Waals surface area contributed by atoms with Gasteiger partial charge in [0.2, 0.25) is 0 Å².